The average Bonchev–Trinajstić information content (AvgIpc) is 3.09. The molecule has 0 aliphatic carbocycles. The van der Waals surface area contributed by atoms with Crippen molar-refractivity contribution in [2.75, 3.05) is 0 Å². The Hall–Kier alpha value is -2.84. The fourth-order valence-corrected chi connectivity index (χ4v) is 3.15. The molecule has 0 bridgehead atoms. The van der Waals surface area contributed by atoms with Crippen LogP contribution in [-0.2, 0) is 5.75 Å². The van der Waals surface area contributed by atoms with Crippen molar-refractivity contribution < 1.29 is 14.1 Å². The van der Waals surface area contributed by atoms with Gasteiger partial charge in [0.25, 0.3) is 10.9 Å². The van der Waals surface area contributed by atoms with Gasteiger partial charge in [0, 0.05) is 33.5 Å². The van der Waals surface area contributed by atoms with Crippen LogP contribution in [-0.4, -0.2) is 15.8 Å². The number of amides is 1. The van der Waals surface area contributed by atoms with Crippen molar-refractivity contribution in [3.05, 3.63) is 74.9 Å². The summed E-state index contributed by atoms with van der Waals surface area (Å²) in [4.78, 5) is 26.0. The molecule has 2 N–H and O–H groups in total. The molecule has 26 heavy (non-hydrogen) atoms. The van der Waals surface area contributed by atoms with E-state index < -0.39 is 10.8 Å². The zero-order chi connectivity index (χ0) is 18.7. The van der Waals surface area contributed by atoms with Crippen molar-refractivity contribution in [2.45, 2.75) is 11.0 Å². The van der Waals surface area contributed by atoms with Gasteiger partial charge in [-0.3, -0.25) is 14.9 Å². The summed E-state index contributed by atoms with van der Waals surface area (Å²) in [7, 11) is 0. The Labute approximate surface area is 157 Å². The minimum Gasteiger partial charge on any atom is -0.431 e. The molecule has 1 amide bonds. The fourth-order valence-electron chi connectivity index (χ4n) is 2.22. The summed E-state index contributed by atoms with van der Waals surface area (Å²) in [6.45, 7) is 0. The van der Waals surface area contributed by atoms with Crippen LogP contribution in [0.15, 0.2) is 58.3 Å². The normalized spacial score (nSPS) is 10.7. The smallest absolute Gasteiger partial charge is 0.274 e. The van der Waals surface area contributed by atoms with Gasteiger partial charge in [0.05, 0.1) is 11.1 Å². The second-order valence-corrected chi connectivity index (χ2v) is 6.61. The number of primary amides is 1. The number of nitrogens with zero attached hydrogens (tertiary/aromatic N) is 2. The van der Waals surface area contributed by atoms with E-state index >= 15 is 0 Å². The van der Waals surface area contributed by atoms with E-state index in [0.29, 0.717) is 21.6 Å². The Morgan fingerprint density at radius 2 is 2.00 bits per heavy atom. The van der Waals surface area contributed by atoms with E-state index in [2.05, 4.69) is 4.98 Å². The van der Waals surface area contributed by atoms with Gasteiger partial charge in [-0.25, -0.2) is 4.98 Å². The van der Waals surface area contributed by atoms with E-state index in [-0.39, 0.29) is 17.0 Å². The molecule has 0 atom stereocenters. The number of hydrogen-bond acceptors (Lipinski definition) is 6. The maximum atomic E-state index is 11.2. The molecule has 0 unspecified atom stereocenters. The first-order valence-corrected chi connectivity index (χ1v) is 8.72. The third kappa shape index (κ3) is 4.04. The van der Waals surface area contributed by atoms with Crippen LogP contribution in [0.5, 0.6) is 0 Å². The van der Waals surface area contributed by atoms with Gasteiger partial charge < -0.3 is 10.2 Å². The highest BCUT2D eigenvalue weighted by atomic mass is 35.5. The number of halogens is 1. The zero-order valence-electron chi connectivity index (χ0n) is 13.2. The van der Waals surface area contributed by atoms with Gasteiger partial charge in [-0.05, 0) is 30.3 Å². The van der Waals surface area contributed by atoms with Crippen LogP contribution < -0.4 is 5.73 Å². The predicted molar refractivity (Wildman–Crippen MR) is 98.1 cm³/mol. The highest BCUT2D eigenvalue weighted by Gasteiger charge is 2.17. The number of carbonyl (C=O) groups excluding carboxylic acids is 1. The van der Waals surface area contributed by atoms with Crippen molar-refractivity contribution in [3.63, 3.8) is 0 Å². The lowest BCUT2D eigenvalue weighted by Gasteiger charge is -2.03. The number of oxazole rings is 1. The van der Waals surface area contributed by atoms with Crippen LogP contribution in [0.3, 0.4) is 0 Å². The van der Waals surface area contributed by atoms with Crippen LogP contribution >= 0.6 is 23.4 Å². The molecule has 0 saturated heterocycles. The number of nitrogens with two attached hydrogens (primary N) is 1. The molecular weight excluding hydrogens is 378 g/mol. The topological polar surface area (TPSA) is 112 Å². The van der Waals surface area contributed by atoms with Crippen LogP contribution in [0.4, 0.5) is 5.69 Å². The standard InChI is InChI=1S/C17H12ClN3O4S/c18-13-5-3-10(4-6-13)15-8-20-17(25-15)26-9-12-2-1-11(16(19)22)7-14(12)21(23)24/h1-8H,9H2,(H2,19,22). The lowest BCUT2D eigenvalue weighted by Crippen LogP contribution is -2.11. The molecule has 0 fully saturated rings. The Kier molecular flexibility index (Phi) is 5.24. The Morgan fingerprint density at radius 3 is 2.65 bits per heavy atom. The molecule has 7 nitrogen and oxygen atoms in total. The first kappa shape index (κ1) is 18.0. The molecule has 0 saturated carbocycles. The third-order valence-electron chi connectivity index (χ3n) is 3.53. The van der Waals surface area contributed by atoms with Crippen molar-refractivity contribution >= 4 is 35.0 Å². The van der Waals surface area contributed by atoms with E-state index in [9.17, 15) is 14.9 Å². The predicted octanol–water partition coefficient (Wildman–Crippen LogP) is 4.29. The monoisotopic (exact) mass is 389 g/mol. The summed E-state index contributed by atoms with van der Waals surface area (Å²) >= 11 is 7.07. The summed E-state index contributed by atoms with van der Waals surface area (Å²) in [6, 6.07) is 11.3. The molecule has 132 valence electrons. The molecular formula is C17H12ClN3O4S. The number of carbonyl (C=O) groups is 1. The number of thioether (sulfide) groups is 1. The van der Waals surface area contributed by atoms with Crippen molar-refractivity contribution in [1.82, 2.24) is 4.98 Å². The number of benzene rings is 2. The molecule has 3 aromatic rings. The number of hydrogen-bond donors (Lipinski definition) is 1. The van der Waals surface area contributed by atoms with E-state index in [1.165, 1.54) is 30.0 Å². The lowest BCUT2D eigenvalue weighted by atomic mass is 10.1. The third-order valence-corrected chi connectivity index (χ3v) is 4.67. The maximum absolute atomic E-state index is 11.2. The summed E-state index contributed by atoms with van der Waals surface area (Å²) in [5, 5.41) is 12.2. The zero-order valence-corrected chi connectivity index (χ0v) is 14.8. The summed E-state index contributed by atoms with van der Waals surface area (Å²) in [5.41, 5.74) is 6.35. The van der Waals surface area contributed by atoms with Crippen LogP contribution in [0.2, 0.25) is 5.02 Å². The van der Waals surface area contributed by atoms with E-state index in [1.54, 1.807) is 18.3 Å². The Balaban J connectivity index is 1.76. The van der Waals surface area contributed by atoms with E-state index in [0.717, 1.165) is 5.56 Å². The van der Waals surface area contributed by atoms with Crippen LogP contribution in [0, 0.1) is 10.1 Å². The maximum Gasteiger partial charge on any atom is 0.274 e. The number of nitro benzene ring substituents is 1. The van der Waals surface area contributed by atoms with Gasteiger partial charge in [-0.2, -0.15) is 0 Å². The molecule has 0 aliphatic heterocycles. The summed E-state index contributed by atoms with van der Waals surface area (Å²) in [5.74, 6) is 0.117. The first-order chi connectivity index (χ1) is 12.4. The molecule has 2 aromatic carbocycles. The largest absolute Gasteiger partial charge is 0.431 e. The molecule has 0 spiro atoms. The van der Waals surface area contributed by atoms with E-state index in [1.807, 2.05) is 12.1 Å². The second-order valence-electron chi connectivity index (χ2n) is 5.25. The van der Waals surface area contributed by atoms with Gasteiger partial charge in [-0.15, -0.1) is 0 Å². The van der Waals surface area contributed by atoms with Crippen LogP contribution in [0.25, 0.3) is 11.3 Å². The quantitative estimate of drug-likeness (QED) is 0.382. The molecule has 1 aromatic heterocycles. The number of rotatable bonds is 6. The fraction of sp³-hybridized carbons (Fsp3) is 0.0588. The summed E-state index contributed by atoms with van der Waals surface area (Å²) < 4.78 is 5.66. The Morgan fingerprint density at radius 1 is 1.27 bits per heavy atom. The lowest BCUT2D eigenvalue weighted by molar-refractivity contribution is -0.385. The van der Waals surface area contributed by atoms with Crippen molar-refractivity contribution in [3.8, 4) is 11.3 Å². The molecule has 0 radical (unpaired) electrons. The summed E-state index contributed by atoms with van der Waals surface area (Å²) in [6.07, 6.45) is 1.58. The van der Waals surface area contributed by atoms with Gasteiger partial charge in [0.1, 0.15) is 0 Å². The number of nitro groups is 1. The van der Waals surface area contributed by atoms with Gasteiger partial charge in [-0.1, -0.05) is 29.4 Å². The average molecular weight is 390 g/mol. The van der Waals surface area contributed by atoms with Gasteiger partial charge in [0.15, 0.2) is 5.76 Å². The van der Waals surface area contributed by atoms with Gasteiger partial charge >= 0.3 is 0 Å². The molecule has 9 heteroatoms. The van der Waals surface area contributed by atoms with E-state index in [4.69, 9.17) is 21.8 Å². The Bertz CT molecular complexity index is 972. The van der Waals surface area contributed by atoms with Crippen LogP contribution in [0.1, 0.15) is 15.9 Å². The molecule has 0 aliphatic rings. The number of aromatic nitrogens is 1. The van der Waals surface area contributed by atoms with Crippen molar-refractivity contribution in [1.29, 1.82) is 0 Å². The highest BCUT2D eigenvalue weighted by Crippen LogP contribution is 2.31. The highest BCUT2D eigenvalue weighted by molar-refractivity contribution is 7.98. The van der Waals surface area contributed by atoms with Crippen molar-refractivity contribution in [2.24, 2.45) is 5.73 Å². The minimum atomic E-state index is -0.715. The van der Waals surface area contributed by atoms with Gasteiger partial charge in [0.2, 0.25) is 5.91 Å². The first-order valence-electron chi connectivity index (χ1n) is 7.36. The minimum absolute atomic E-state index is 0.0894. The second kappa shape index (κ2) is 7.59. The molecule has 3 rings (SSSR count). The molecule has 1 heterocycles. The SMILES string of the molecule is NC(=O)c1ccc(CSc2ncc(-c3ccc(Cl)cc3)o2)c([N+](=O)[O-])c1.